The highest BCUT2D eigenvalue weighted by Gasteiger charge is 2.15. The normalized spacial score (nSPS) is 10.6. The van der Waals surface area contributed by atoms with E-state index in [9.17, 15) is 9.59 Å². The van der Waals surface area contributed by atoms with Crippen molar-refractivity contribution in [3.05, 3.63) is 34.9 Å². The minimum atomic E-state index is -0.575. The Bertz CT molecular complexity index is 461. The van der Waals surface area contributed by atoms with Crippen molar-refractivity contribution in [3.63, 3.8) is 0 Å². The quantitative estimate of drug-likeness (QED) is 0.653. The van der Waals surface area contributed by atoms with Gasteiger partial charge in [-0.2, -0.15) is 0 Å². The van der Waals surface area contributed by atoms with Gasteiger partial charge in [0.2, 0.25) is 5.91 Å². The van der Waals surface area contributed by atoms with Gasteiger partial charge >= 0.3 is 0 Å². The minimum Gasteiger partial charge on any atom is -0.395 e. The molecule has 0 aromatic heterocycles. The summed E-state index contributed by atoms with van der Waals surface area (Å²) in [5.74, 6) is -1.09. The highest BCUT2D eigenvalue weighted by Crippen LogP contribution is 2.14. The van der Waals surface area contributed by atoms with Crippen molar-refractivity contribution in [1.82, 2.24) is 10.2 Å². The second kappa shape index (κ2) is 8.65. The molecule has 7 heteroatoms. The predicted octanol–water partition coefficient (Wildman–Crippen LogP) is -0.117. The molecule has 0 spiro atoms. The molecule has 0 saturated heterocycles. The van der Waals surface area contributed by atoms with Crippen LogP contribution in [0.2, 0.25) is 5.02 Å². The van der Waals surface area contributed by atoms with Gasteiger partial charge in [0.05, 0.1) is 30.3 Å². The maximum absolute atomic E-state index is 11.8. The van der Waals surface area contributed by atoms with Gasteiger partial charge in [0.25, 0.3) is 5.91 Å². The van der Waals surface area contributed by atoms with Gasteiger partial charge in [0.1, 0.15) is 0 Å². The molecule has 1 aromatic rings. The number of nitrogens with one attached hydrogen (secondary N) is 1. The lowest BCUT2D eigenvalue weighted by Gasteiger charge is -2.19. The van der Waals surface area contributed by atoms with E-state index in [-0.39, 0.29) is 43.4 Å². The Morgan fingerprint density at radius 3 is 2.30 bits per heavy atom. The molecule has 3 N–H and O–H groups in total. The topological polar surface area (TPSA) is 89.9 Å². The predicted molar refractivity (Wildman–Crippen MR) is 74.5 cm³/mol. The molecule has 0 heterocycles. The molecule has 1 rings (SSSR count). The summed E-state index contributed by atoms with van der Waals surface area (Å²) in [5, 5.41) is 20.1. The number of nitrogens with zero attached hydrogens (tertiary/aromatic N) is 1. The van der Waals surface area contributed by atoms with E-state index in [2.05, 4.69) is 5.32 Å². The SMILES string of the molecule is O=C(CN(CCO)CCO)NC(=O)c1ccccc1Cl. The molecule has 0 radical (unpaired) electrons. The van der Waals surface area contributed by atoms with Crippen LogP contribution in [0.5, 0.6) is 0 Å². The van der Waals surface area contributed by atoms with Crippen molar-refractivity contribution in [2.75, 3.05) is 32.8 Å². The van der Waals surface area contributed by atoms with E-state index in [4.69, 9.17) is 21.8 Å². The summed E-state index contributed by atoms with van der Waals surface area (Å²) in [6.07, 6.45) is 0. The average Bonchev–Trinajstić information content (AvgIpc) is 2.39. The third-order valence-corrected chi connectivity index (χ3v) is 2.90. The van der Waals surface area contributed by atoms with Crippen molar-refractivity contribution in [1.29, 1.82) is 0 Å². The van der Waals surface area contributed by atoms with Gasteiger partial charge in [0, 0.05) is 13.1 Å². The fourth-order valence-corrected chi connectivity index (χ4v) is 1.86. The summed E-state index contributed by atoms with van der Waals surface area (Å²) in [4.78, 5) is 25.1. The molecule has 0 saturated carbocycles. The summed E-state index contributed by atoms with van der Waals surface area (Å²) in [6, 6.07) is 6.41. The third-order valence-electron chi connectivity index (χ3n) is 2.57. The number of aliphatic hydroxyl groups is 2. The lowest BCUT2D eigenvalue weighted by Crippen LogP contribution is -2.42. The van der Waals surface area contributed by atoms with Crippen LogP contribution in [0, 0.1) is 0 Å². The van der Waals surface area contributed by atoms with Gasteiger partial charge in [-0.05, 0) is 12.1 Å². The molecule has 0 fully saturated rings. The Kier molecular flexibility index (Phi) is 7.17. The molecular weight excluding hydrogens is 284 g/mol. The van der Waals surface area contributed by atoms with Gasteiger partial charge in [-0.3, -0.25) is 19.8 Å². The van der Waals surface area contributed by atoms with Crippen molar-refractivity contribution in [2.45, 2.75) is 0 Å². The van der Waals surface area contributed by atoms with Crippen molar-refractivity contribution in [3.8, 4) is 0 Å². The van der Waals surface area contributed by atoms with Gasteiger partial charge in [-0.15, -0.1) is 0 Å². The fourth-order valence-electron chi connectivity index (χ4n) is 1.63. The molecule has 0 bridgehead atoms. The minimum absolute atomic E-state index is 0.0860. The second-order valence-electron chi connectivity index (χ2n) is 4.08. The van der Waals surface area contributed by atoms with Gasteiger partial charge in [-0.1, -0.05) is 23.7 Å². The molecular formula is C13H17ClN2O4. The smallest absolute Gasteiger partial charge is 0.259 e. The first-order chi connectivity index (χ1) is 9.58. The van der Waals surface area contributed by atoms with Crippen LogP contribution in [0.1, 0.15) is 10.4 Å². The van der Waals surface area contributed by atoms with Crippen LogP contribution in [0.25, 0.3) is 0 Å². The number of rotatable bonds is 7. The average molecular weight is 301 g/mol. The van der Waals surface area contributed by atoms with E-state index in [0.29, 0.717) is 0 Å². The first-order valence-electron chi connectivity index (χ1n) is 6.11. The van der Waals surface area contributed by atoms with Crippen LogP contribution in [0.3, 0.4) is 0 Å². The zero-order chi connectivity index (χ0) is 15.0. The number of imide groups is 1. The number of hydrogen-bond donors (Lipinski definition) is 3. The third kappa shape index (κ3) is 5.26. The number of carbonyl (C=O) groups is 2. The number of aliphatic hydroxyl groups excluding tert-OH is 2. The van der Waals surface area contributed by atoms with Crippen molar-refractivity contribution >= 4 is 23.4 Å². The van der Waals surface area contributed by atoms with Crippen molar-refractivity contribution < 1.29 is 19.8 Å². The van der Waals surface area contributed by atoms with Crippen LogP contribution in [-0.4, -0.2) is 59.8 Å². The maximum Gasteiger partial charge on any atom is 0.259 e. The van der Waals surface area contributed by atoms with E-state index < -0.39 is 11.8 Å². The highest BCUT2D eigenvalue weighted by atomic mass is 35.5. The van der Waals surface area contributed by atoms with Crippen LogP contribution in [0.15, 0.2) is 24.3 Å². The van der Waals surface area contributed by atoms with Gasteiger partial charge < -0.3 is 10.2 Å². The zero-order valence-corrected chi connectivity index (χ0v) is 11.6. The number of amides is 2. The van der Waals surface area contributed by atoms with Crippen LogP contribution < -0.4 is 5.32 Å². The zero-order valence-electron chi connectivity index (χ0n) is 10.9. The molecule has 0 aliphatic rings. The molecule has 110 valence electrons. The molecule has 0 unspecified atom stereocenters. The molecule has 0 atom stereocenters. The van der Waals surface area contributed by atoms with Gasteiger partial charge in [-0.25, -0.2) is 0 Å². The lowest BCUT2D eigenvalue weighted by atomic mass is 10.2. The second-order valence-corrected chi connectivity index (χ2v) is 4.49. The number of benzene rings is 1. The van der Waals surface area contributed by atoms with E-state index in [1.54, 1.807) is 18.2 Å². The van der Waals surface area contributed by atoms with E-state index in [1.807, 2.05) is 0 Å². The molecule has 0 aliphatic heterocycles. The summed E-state index contributed by atoms with van der Waals surface area (Å²) >= 11 is 5.86. The Morgan fingerprint density at radius 1 is 1.15 bits per heavy atom. The van der Waals surface area contributed by atoms with Crippen LogP contribution in [0.4, 0.5) is 0 Å². The van der Waals surface area contributed by atoms with Gasteiger partial charge in [0.15, 0.2) is 0 Å². The monoisotopic (exact) mass is 300 g/mol. The molecule has 2 amide bonds. The summed E-state index contributed by atoms with van der Waals surface area (Å²) in [7, 11) is 0. The maximum atomic E-state index is 11.8. The van der Waals surface area contributed by atoms with Crippen molar-refractivity contribution in [2.24, 2.45) is 0 Å². The molecule has 6 nitrogen and oxygen atoms in total. The number of halogens is 1. The highest BCUT2D eigenvalue weighted by molar-refractivity contribution is 6.34. The van der Waals surface area contributed by atoms with Crippen LogP contribution in [-0.2, 0) is 4.79 Å². The first kappa shape index (κ1) is 16.6. The fraction of sp³-hybridized carbons (Fsp3) is 0.385. The Morgan fingerprint density at radius 2 is 1.75 bits per heavy atom. The summed E-state index contributed by atoms with van der Waals surface area (Å²) in [5.41, 5.74) is 0.221. The standard InChI is InChI=1S/C13H17ClN2O4/c14-11-4-2-1-3-10(11)13(20)15-12(19)9-16(5-7-17)6-8-18/h1-4,17-18H,5-9H2,(H,15,19,20). The first-order valence-corrected chi connectivity index (χ1v) is 6.49. The summed E-state index contributed by atoms with van der Waals surface area (Å²) < 4.78 is 0. The Labute approximate surface area is 122 Å². The number of hydrogen-bond acceptors (Lipinski definition) is 5. The molecule has 0 aliphatic carbocycles. The molecule has 20 heavy (non-hydrogen) atoms. The van der Waals surface area contributed by atoms with E-state index in [1.165, 1.54) is 11.0 Å². The van der Waals surface area contributed by atoms with Crippen LogP contribution >= 0.6 is 11.6 Å². The Balaban J connectivity index is 2.57. The molecule has 1 aromatic carbocycles. The van der Waals surface area contributed by atoms with E-state index >= 15 is 0 Å². The largest absolute Gasteiger partial charge is 0.395 e. The summed E-state index contributed by atoms with van der Waals surface area (Å²) in [6.45, 7) is 0.136. The van der Waals surface area contributed by atoms with E-state index in [0.717, 1.165) is 0 Å². The number of carbonyl (C=O) groups excluding carboxylic acids is 2. The Hall–Kier alpha value is -1.47. The lowest BCUT2D eigenvalue weighted by molar-refractivity contribution is -0.121.